The van der Waals surface area contributed by atoms with Crippen molar-refractivity contribution >= 4 is 0 Å². The Kier molecular flexibility index (Phi) is 4.62. The minimum atomic E-state index is -4.32. The topological polar surface area (TPSA) is 42.7 Å². The highest BCUT2D eigenvalue weighted by molar-refractivity contribution is 5.31. The zero-order valence-corrected chi connectivity index (χ0v) is 11.9. The first-order valence-corrected chi connectivity index (χ1v) is 6.68. The number of aromatic nitrogens is 3. The lowest BCUT2D eigenvalue weighted by molar-refractivity contribution is -0.137. The Hall–Kier alpha value is -1.89. The Bertz CT molecular complexity index is 575. The highest BCUT2D eigenvalue weighted by Gasteiger charge is 2.30. The van der Waals surface area contributed by atoms with E-state index in [0.717, 1.165) is 36.4 Å². The van der Waals surface area contributed by atoms with Crippen LogP contribution in [0.3, 0.4) is 0 Å². The SMILES string of the molecule is CCCNC(c1ccc(C(F)(F)F)cc1)c1cnnn1C. The first kappa shape index (κ1) is 15.5. The van der Waals surface area contributed by atoms with Gasteiger partial charge >= 0.3 is 6.18 Å². The van der Waals surface area contributed by atoms with Crippen molar-refractivity contribution in [3.63, 3.8) is 0 Å². The van der Waals surface area contributed by atoms with E-state index >= 15 is 0 Å². The Labute approximate surface area is 121 Å². The van der Waals surface area contributed by atoms with Crippen molar-refractivity contribution in [3.8, 4) is 0 Å². The predicted octanol–water partition coefficient (Wildman–Crippen LogP) is 2.92. The molecule has 21 heavy (non-hydrogen) atoms. The smallest absolute Gasteiger partial charge is 0.305 e. The Morgan fingerprint density at radius 2 is 1.90 bits per heavy atom. The van der Waals surface area contributed by atoms with Crippen LogP contribution in [0.15, 0.2) is 30.5 Å². The number of alkyl halides is 3. The van der Waals surface area contributed by atoms with Crippen molar-refractivity contribution in [2.24, 2.45) is 7.05 Å². The van der Waals surface area contributed by atoms with Gasteiger partial charge in [0, 0.05) is 7.05 Å². The Balaban J connectivity index is 2.31. The molecule has 114 valence electrons. The van der Waals surface area contributed by atoms with Gasteiger partial charge in [-0.05, 0) is 30.7 Å². The summed E-state index contributed by atoms with van der Waals surface area (Å²) in [6.45, 7) is 2.77. The summed E-state index contributed by atoms with van der Waals surface area (Å²) >= 11 is 0. The van der Waals surface area contributed by atoms with Gasteiger partial charge in [0.1, 0.15) is 0 Å². The van der Waals surface area contributed by atoms with E-state index in [1.54, 1.807) is 17.9 Å². The van der Waals surface area contributed by atoms with Gasteiger partial charge in [-0.3, -0.25) is 4.68 Å². The number of nitrogens with zero attached hydrogens (tertiary/aromatic N) is 3. The lowest BCUT2D eigenvalue weighted by Crippen LogP contribution is -2.25. The van der Waals surface area contributed by atoms with Gasteiger partial charge in [-0.15, -0.1) is 5.10 Å². The summed E-state index contributed by atoms with van der Waals surface area (Å²) in [6.07, 6.45) is -1.79. The molecule has 1 unspecified atom stereocenters. The minimum absolute atomic E-state index is 0.229. The fourth-order valence-electron chi connectivity index (χ4n) is 2.11. The largest absolute Gasteiger partial charge is 0.416 e. The van der Waals surface area contributed by atoms with Crippen LogP contribution in [0.2, 0.25) is 0 Å². The van der Waals surface area contributed by atoms with Crippen LogP contribution in [0.1, 0.15) is 36.2 Å². The maximum atomic E-state index is 12.6. The van der Waals surface area contributed by atoms with E-state index in [0.29, 0.717) is 0 Å². The second-order valence-corrected chi connectivity index (χ2v) is 4.79. The second kappa shape index (κ2) is 6.26. The van der Waals surface area contributed by atoms with Crippen LogP contribution >= 0.6 is 0 Å². The molecule has 0 aliphatic carbocycles. The Morgan fingerprint density at radius 3 is 2.38 bits per heavy atom. The van der Waals surface area contributed by atoms with Crippen LogP contribution in [0, 0.1) is 0 Å². The summed E-state index contributed by atoms with van der Waals surface area (Å²) in [6, 6.07) is 4.94. The number of aryl methyl sites for hydroxylation is 1. The van der Waals surface area contributed by atoms with Crippen molar-refractivity contribution in [1.82, 2.24) is 20.3 Å². The van der Waals surface area contributed by atoms with Crippen LogP contribution < -0.4 is 5.32 Å². The van der Waals surface area contributed by atoms with Crippen LogP contribution in [0.4, 0.5) is 13.2 Å². The average molecular weight is 298 g/mol. The first-order chi connectivity index (χ1) is 9.93. The van der Waals surface area contributed by atoms with Gasteiger partial charge in [0.2, 0.25) is 0 Å². The van der Waals surface area contributed by atoms with Crippen molar-refractivity contribution in [1.29, 1.82) is 0 Å². The molecular formula is C14H17F3N4. The molecule has 2 aromatic rings. The van der Waals surface area contributed by atoms with Crippen LogP contribution in [-0.4, -0.2) is 21.5 Å². The van der Waals surface area contributed by atoms with Gasteiger partial charge in [0.05, 0.1) is 23.5 Å². The molecule has 0 bridgehead atoms. The third kappa shape index (κ3) is 3.60. The zero-order valence-electron chi connectivity index (χ0n) is 11.9. The quantitative estimate of drug-likeness (QED) is 0.923. The van der Waals surface area contributed by atoms with Crippen molar-refractivity contribution in [2.45, 2.75) is 25.6 Å². The van der Waals surface area contributed by atoms with E-state index in [9.17, 15) is 13.2 Å². The lowest BCUT2D eigenvalue weighted by Gasteiger charge is -2.19. The maximum Gasteiger partial charge on any atom is 0.416 e. The zero-order chi connectivity index (χ0) is 15.5. The second-order valence-electron chi connectivity index (χ2n) is 4.79. The van der Waals surface area contributed by atoms with Gasteiger partial charge in [-0.2, -0.15) is 13.2 Å². The summed E-state index contributed by atoms with van der Waals surface area (Å²) in [5.41, 5.74) is 0.911. The number of benzene rings is 1. The van der Waals surface area contributed by atoms with E-state index in [-0.39, 0.29) is 6.04 Å². The summed E-state index contributed by atoms with van der Waals surface area (Å²) in [5, 5.41) is 11.0. The van der Waals surface area contributed by atoms with Gasteiger partial charge in [-0.1, -0.05) is 24.3 Å². The van der Waals surface area contributed by atoms with Crippen LogP contribution in [-0.2, 0) is 13.2 Å². The van der Waals surface area contributed by atoms with E-state index in [4.69, 9.17) is 0 Å². The van der Waals surface area contributed by atoms with Gasteiger partial charge in [-0.25, -0.2) is 0 Å². The lowest BCUT2D eigenvalue weighted by atomic mass is 10.0. The van der Waals surface area contributed by atoms with Gasteiger partial charge < -0.3 is 5.32 Å². The fourth-order valence-corrected chi connectivity index (χ4v) is 2.11. The number of nitrogens with one attached hydrogen (secondary N) is 1. The van der Waals surface area contributed by atoms with Crippen molar-refractivity contribution in [2.75, 3.05) is 6.54 Å². The molecule has 1 aromatic carbocycles. The maximum absolute atomic E-state index is 12.6. The van der Waals surface area contributed by atoms with Crippen LogP contribution in [0.5, 0.6) is 0 Å². The molecule has 1 aromatic heterocycles. The molecule has 1 atom stereocenters. The van der Waals surface area contributed by atoms with Crippen molar-refractivity contribution < 1.29 is 13.2 Å². The summed E-state index contributed by atoms with van der Waals surface area (Å²) in [5.74, 6) is 0. The molecule has 0 saturated carbocycles. The molecule has 1 heterocycles. The van der Waals surface area contributed by atoms with E-state index in [1.807, 2.05) is 6.92 Å². The Morgan fingerprint density at radius 1 is 1.24 bits per heavy atom. The molecule has 0 saturated heterocycles. The van der Waals surface area contributed by atoms with Gasteiger partial charge in [0.15, 0.2) is 0 Å². The summed E-state index contributed by atoms with van der Waals surface area (Å²) in [4.78, 5) is 0. The highest BCUT2D eigenvalue weighted by atomic mass is 19.4. The van der Waals surface area contributed by atoms with E-state index < -0.39 is 11.7 Å². The molecule has 0 aliphatic rings. The number of hydrogen-bond donors (Lipinski definition) is 1. The average Bonchev–Trinajstić information content (AvgIpc) is 2.85. The summed E-state index contributed by atoms with van der Waals surface area (Å²) < 4.78 is 39.5. The normalized spacial score (nSPS) is 13.4. The van der Waals surface area contributed by atoms with E-state index in [1.165, 1.54) is 12.1 Å². The number of halogens is 3. The molecule has 7 heteroatoms. The molecule has 4 nitrogen and oxygen atoms in total. The molecule has 1 N–H and O–H groups in total. The highest BCUT2D eigenvalue weighted by Crippen LogP contribution is 2.30. The standard InChI is InChI=1S/C14H17F3N4/c1-3-8-18-13(12-9-19-20-21(12)2)10-4-6-11(7-5-10)14(15,16)17/h4-7,9,13,18H,3,8H2,1-2H3. The third-order valence-corrected chi connectivity index (χ3v) is 3.22. The third-order valence-electron chi connectivity index (χ3n) is 3.22. The molecule has 0 aliphatic heterocycles. The molecular weight excluding hydrogens is 281 g/mol. The van der Waals surface area contributed by atoms with Crippen molar-refractivity contribution in [3.05, 3.63) is 47.3 Å². The summed E-state index contributed by atoms with van der Waals surface area (Å²) in [7, 11) is 1.76. The van der Waals surface area contributed by atoms with E-state index in [2.05, 4.69) is 15.6 Å². The first-order valence-electron chi connectivity index (χ1n) is 6.68. The minimum Gasteiger partial charge on any atom is -0.305 e. The molecule has 0 fully saturated rings. The fraction of sp³-hybridized carbons (Fsp3) is 0.429. The molecule has 0 spiro atoms. The molecule has 0 radical (unpaired) electrons. The predicted molar refractivity (Wildman–Crippen MR) is 72.6 cm³/mol. The monoisotopic (exact) mass is 298 g/mol. The molecule has 2 rings (SSSR count). The van der Waals surface area contributed by atoms with Crippen LogP contribution in [0.25, 0.3) is 0 Å². The van der Waals surface area contributed by atoms with Gasteiger partial charge in [0.25, 0.3) is 0 Å². The molecule has 0 amide bonds. The number of hydrogen-bond acceptors (Lipinski definition) is 3. The number of rotatable bonds is 5.